The Bertz CT molecular complexity index is 196. The lowest BCUT2D eigenvalue weighted by Gasteiger charge is -2.40. The van der Waals surface area contributed by atoms with E-state index in [0.29, 0.717) is 11.8 Å². The quantitative estimate of drug-likeness (QED) is 0.568. The van der Waals surface area contributed by atoms with Gasteiger partial charge in [0.1, 0.15) is 0 Å². The average molecular weight is 276 g/mol. The van der Waals surface area contributed by atoms with E-state index in [1.54, 1.807) is 0 Å². The fourth-order valence-electron chi connectivity index (χ4n) is 2.34. The fraction of sp³-hybridized carbons (Fsp3) is 1.00. The van der Waals surface area contributed by atoms with Crippen LogP contribution in [-0.4, -0.2) is 40.6 Å². The molecule has 0 saturated carbocycles. The topological polar surface area (TPSA) is 21.7 Å². The van der Waals surface area contributed by atoms with Crippen molar-refractivity contribution in [3.05, 3.63) is 0 Å². The van der Waals surface area contributed by atoms with Gasteiger partial charge in [0.05, 0.1) is 0 Å². The summed E-state index contributed by atoms with van der Waals surface area (Å²) >= 11 is 0. The minimum atomic E-state index is -2.19. The third-order valence-corrected chi connectivity index (χ3v) is 6.73. The van der Waals surface area contributed by atoms with E-state index in [0.717, 1.165) is 19.1 Å². The second-order valence-electron chi connectivity index (χ2n) is 5.92. The number of nitrogens with zero attached hydrogens (tertiary/aromatic N) is 1. The molecule has 0 radical (unpaired) electrons. The van der Waals surface area contributed by atoms with Gasteiger partial charge in [-0.3, -0.25) is 4.57 Å². The molecule has 0 saturated heterocycles. The number of hydrogen-bond acceptors (Lipinski definition) is 3. The summed E-state index contributed by atoms with van der Waals surface area (Å²) < 4.78 is 14.3. The molecule has 0 aliphatic carbocycles. The summed E-state index contributed by atoms with van der Waals surface area (Å²) in [5.41, 5.74) is 0. The predicted octanol–water partition coefficient (Wildman–Crippen LogP) is 3.63. The number of hydrogen-bond donors (Lipinski definition) is 0. The summed E-state index contributed by atoms with van der Waals surface area (Å²) in [6.07, 6.45) is 2.37. The van der Waals surface area contributed by atoms with Gasteiger partial charge in [-0.15, -0.1) is 0 Å². The van der Waals surface area contributed by atoms with E-state index in [1.165, 1.54) is 12.8 Å². The second-order valence-corrected chi connectivity index (χ2v) is 9.29. The van der Waals surface area contributed by atoms with Crippen molar-refractivity contribution in [2.24, 2.45) is 11.8 Å². The summed E-state index contributed by atoms with van der Waals surface area (Å²) in [4.78, 5) is 0. The van der Waals surface area contributed by atoms with Gasteiger partial charge in [0.25, 0.3) is 0 Å². The molecule has 0 N–H and O–H groups in total. The lowest BCUT2D eigenvalue weighted by Crippen LogP contribution is -2.59. The van der Waals surface area contributed by atoms with Crippen LogP contribution in [0.15, 0.2) is 0 Å². The molecule has 0 atom stereocenters. The van der Waals surface area contributed by atoms with Crippen molar-refractivity contribution in [2.75, 3.05) is 27.3 Å². The van der Waals surface area contributed by atoms with Gasteiger partial charge in [0, 0.05) is 20.3 Å². The average Bonchev–Trinajstić information content (AvgIpc) is 2.29. The SMILES string of the molecule is CCCC[Si](OC)(OC)N(CC(C)C)CC(C)C. The Hall–Kier alpha value is 0.0969. The largest absolute Gasteiger partial charge is 0.427 e. The third-order valence-electron chi connectivity index (χ3n) is 3.14. The summed E-state index contributed by atoms with van der Waals surface area (Å²) in [7, 11) is 1.45. The monoisotopic (exact) mass is 275 g/mol. The molecule has 0 spiro atoms. The van der Waals surface area contributed by atoms with E-state index >= 15 is 0 Å². The van der Waals surface area contributed by atoms with Crippen LogP contribution in [0.25, 0.3) is 0 Å². The normalized spacial score (nSPS) is 13.0. The van der Waals surface area contributed by atoms with Gasteiger partial charge in [-0.25, -0.2) is 0 Å². The van der Waals surface area contributed by atoms with Gasteiger partial charge in [-0.2, -0.15) is 0 Å². The van der Waals surface area contributed by atoms with Crippen LogP contribution < -0.4 is 0 Å². The van der Waals surface area contributed by atoms with Crippen LogP contribution in [0.4, 0.5) is 0 Å². The molecule has 0 heterocycles. The summed E-state index contributed by atoms with van der Waals surface area (Å²) in [6, 6.07) is 1.07. The maximum Gasteiger partial charge on any atom is 0.427 e. The summed E-state index contributed by atoms with van der Waals surface area (Å²) in [6.45, 7) is 13.4. The van der Waals surface area contributed by atoms with Crippen LogP contribution in [-0.2, 0) is 8.85 Å². The molecule has 110 valence electrons. The Balaban J connectivity index is 4.92. The van der Waals surface area contributed by atoms with Crippen LogP contribution in [0.5, 0.6) is 0 Å². The Labute approximate surface area is 115 Å². The van der Waals surface area contributed by atoms with Gasteiger partial charge < -0.3 is 8.85 Å². The zero-order chi connectivity index (χ0) is 14.2. The van der Waals surface area contributed by atoms with Gasteiger partial charge in [0.2, 0.25) is 0 Å². The molecular formula is C14H33NO2Si. The Kier molecular flexibility index (Phi) is 9.12. The maximum atomic E-state index is 5.90. The molecule has 3 nitrogen and oxygen atoms in total. The van der Waals surface area contributed by atoms with E-state index in [4.69, 9.17) is 8.85 Å². The molecule has 0 aliphatic heterocycles. The number of rotatable bonds is 10. The van der Waals surface area contributed by atoms with Crippen molar-refractivity contribution in [1.29, 1.82) is 0 Å². The van der Waals surface area contributed by atoms with Crippen molar-refractivity contribution in [3.8, 4) is 0 Å². The minimum Gasteiger partial charge on any atom is -0.386 e. The van der Waals surface area contributed by atoms with Gasteiger partial charge in [-0.05, 0) is 24.9 Å². The van der Waals surface area contributed by atoms with E-state index < -0.39 is 8.72 Å². The molecular weight excluding hydrogens is 242 g/mol. The Morgan fingerprint density at radius 2 is 1.39 bits per heavy atom. The van der Waals surface area contributed by atoms with Crippen LogP contribution in [0.2, 0.25) is 6.04 Å². The van der Waals surface area contributed by atoms with Gasteiger partial charge in [-0.1, -0.05) is 47.5 Å². The zero-order valence-electron chi connectivity index (χ0n) is 13.5. The van der Waals surface area contributed by atoms with Crippen molar-refractivity contribution >= 4 is 8.72 Å². The molecule has 0 aromatic heterocycles. The molecule has 0 fully saturated rings. The molecule has 0 unspecified atom stereocenters. The van der Waals surface area contributed by atoms with E-state index in [1.807, 2.05) is 14.2 Å². The molecule has 0 aliphatic rings. The highest BCUT2D eigenvalue weighted by Gasteiger charge is 2.42. The molecule has 0 aromatic carbocycles. The Morgan fingerprint density at radius 3 is 1.67 bits per heavy atom. The maximum absolute atomic E-state index is 5.90. The van der Waals surface area contributed by atoms with Crippen LogP contribution in [0.1, 0.15) is 47.5 Å². The molecule has 0 bridgehead atoms. The van der Waals surface area contributed by atoms with Crippen LogP contribution >= 0.6 is 0 Å². The first-order chi connectivity index (χ1) is 8.41. The first-order valence-corrected chi connectivity index (χ1v) is 9.24. The first-order valence-electron chi connectivity index (χ1n) is 7.27. The molecule has 0 amide bonds. The van der Waals surface area contributed by atoms with Gasteiger partial charge >= 0.3 is 8.72 Å². The first kappa shape index (κ1) is 18.1. The van der Waals surface area contributed by atoms with Crippen molar-refractivity contribution in [3.63, 3.8) is 0 Å². The molecule has 0 rings (SSSR count). The smallest absolute Gasteiger partial charge is 0.386 e. The highest BCUT2D eigenvalue weighted by Crippen LogP contribution is 2.23. The summed E-state index contributed by atoms with van der Waals surface area (Å²) in [5.74, 6) is 1.28. The van der Waals surface area contributed by atoms with Crippen LogP contribution in [0, 0.1) is 11.8 Å². The second kappa shape index (κ2) is 9.07. The minimum absolute atomic E-state index is 0.641. The van der Waals surface area contributed by atoms with Crippen molar-refractivity contribution in [2.45, 2.75) is 53.5 Å². The van der Waals surface area contributed by atoms with E-state index in [-0.39, 0.29) is 0 Å². The van der Waals surface area contributed by atoms with E-state index in [9.17, 15) is 0 Å². The van der Waals surface area contributed by atoms with Gasteiger partial charge in [0.15, 0.2) is 0 Å². The van der Waals surface area contributed by atoms with Crippen molar-refractivity contribution < 1.29 is 8.85 Å². The van der Waals surface area contributed by atoms with Crippen LogP contribution in [0.3, 0.4) is 0 Å². The molecule has 4 heteroatoms. The third kappa shape index (κ3) is 5.82. The van der Waals surface area contributed by atoms with Crippen molar-refractivity contribution in [1.82, 2.24) is 4.57 Å². The number of unbranched alkanes of at least 4 members (excludes halogenated alkanes) is 1. The zero-order valence-corrected chi connectivity index (χ0v) is 14.5. The lowest BCUT2D eigenvalue weighted by atomic mass is 10.2. The summed E-state index contributed by atoms with van der Waals surface area (Å²) in [5, 5.41) is 0. The lowest BCUT2D eigenvalue weighted by molar-refractivity contribution is 0.144. The fourth-order valence-corrected chi connectivity index (χ4v) is 5.83. The molecule has 18 heavy (non-hydrogen) atoms. The van der Waals surface area contributed by atoms with E-state index in [2.05, 4.69) is 39.2 Å². The predicted molar refractivity (Wildman–Crippen MR) is 80.7 cm³/mol. The Morgan fingerprint density at radius 1 is 0.944 bits per heavy atom. The molecule has 0 aromatic rings. The standard InChI is InChI=1S/C14H33NO2Si/c1-8-9-10-18(16-6,17-7)15(11-13(2)3)12-14(4)5/h13-14H,8-12H2,1-7H3. The highest BCUT2D eigenvalue weighted by molar-refractivity contribution is 6.64. The highest BCUT2D eigenvalue weighted by atomic mass is 28.4.